The van der Waals surface area contributed by atoms with Gasteiger partial charge in [-0.1, -0.05) is 0 Å². The lowest BCUT2D eigenvalue weighted by atomic mass is 10.1. The van der Waals surface area contributed by atoms with Crippen molar-refractivity contribution in [2.45, 2.75) is 13.8 Å². The van der Waals surface area contributed by atoms with E-state index >= 15 is 0 Å². The molecule has 19 heavy (non-hydrogen) atoms. The van der Waals surface area contributed by atoms with Crippen molar-refractivity contribution in [3.05, 3.63) is 40.2 Å². The number of nitrogens with zero attached hydrogens (tertiary/aromatic N) is 1. The van der Waals surface area contributed by atoms with E-state index in [1.807, 2.05) is 26.0 Å². The van der Waals surface area contributed by atoms with Gasteiger partial charge in [0.2, 0.25) is 0 Å². The van der Waals surface area contributed by atoms with Crippen LogP contribution in [0.4, 0.5) is 5.69 Å². The van der Waals surface area contributed by atoms with Crippen molar-refractivity contribution in [1.29, 1.82) is 0 Å². The molecule has 0 unspecified atom stereocenters. The standard InChI is InChI=1S/C14H15NO4/c1-3-15(4-2)10-5-6-12-9(7-10)8-11(13(16)17)14(18)19-12/h5-8H,3-4H2,1-2H3,(H,16,17). The Hall–Kier alpha value is -2.30. The zero-order valence-corrected chi connectivity index (χ0v) is 10.8. The zero-order valence-electron chi connectivity index (χ0n) is 10.8. The number of anilines is 1. The lowest BCUT2D eigenvalue weighted by molar-refractivity contribution is 0.0692. The molecule has 0 bridgehead atoms. The number of hydrogen-bond donors (Lipinski definition) is 1. The van der Waals surface area contributed by atoms with Crippen molar-refractivity contribution >= 4 is 22.6 Å². The van der Waals surface area contributed by atoms with Gasteiger partial charge in [-0.15, -0.1) is 0 Å². The maximum absolute atomic E-state index is 11.4. The van der Waals surface area contributed by atoms with E-state index in [1.165, 1.54) is 6.07 Å². The number of hydrogen-bond acceptors (Lipinski definition) is 4. The summed E-state index contributed by atoms with van der Waals surface area (Å²) in [5.74, 6) is -1.27. The third-order valence-electron chi connectivity index (χ3n) is 3.07. The molecule has 5 heteroatoms. The predicted octanol–water partition coefficient (Wildman–Crippen LogP) is 2.34. The molecule has 1 heterocycles. The highest BCUT2D eigenvalue weighted by Crippen LogP contribution is 2.21. The number of carboxylic acids is 1. The minimum absolute atomic E-state index is 0.343. The Balaban J connectivity index is 2.61. The summed E-state index contributed by atoms with van der Waals surface area (Å²) in [6, 6.07) is 6.74. The van der Waals surface area contributed by atoms with Crippen molar-refractivity contribution in [2.24, 2.45) is 0 Å². The monoisotopic (exact) mass is 261 g/mol. The van der Waals surface area contributed by atoms with Gasteiger partial charge in [0, 0.05) is 24.2 Å². The number of carbonyl (C=O) groups is 1. The number of rotatable bonds is 4. The quantitative estimate of drug-likeness (QED) is 0.855. The van der Waals surface area contributed by atoms with Gasteiger partial charge >= 0.3 is 11.6 Å². The van der Waals surface area contributed by atoms with Crippen LogP contribution in [0.15, 0.2) is 33.5 Å². The summed E-state index contributed by atoms with van der Waals surface area (Å²) in [5, 5.41) is 9.54. The molecule has 0 radical (unpaired) electrons. The summed E-state index contributed by atoms with van der Waals surface area (Å²) in [5.41, 5.74) is 0.202. The molecule has 5 nitrogen and oxygen atoms in total. The average Bonchev–Trinajstić information content (AvgIpc) is 2.39. The molecule has 0 atom stereocenters. The smallest absolute Gasteiger partial charge is 0.351 e. The van der Waals surface area contributed by atoms with Gasteiger partial charge < -0.3 is 14.4 Å². The van der Waals surface area contributed by atoms with Gasteiger partial charge in [-0.2, -0.15) is 0 Å². The molecule has 100 valence electrons. The van der Waals surface area contributed by atoms with Crippen LogP contribution in [0.2, 0.25) is 0 Å². The molecular formula is C14H15NO4. The largest absolute Gasteiger partial charge is 0.477 e. The summed E-state index contributed by atoms with van der Waals surface area (Å²) in [4.78, 5) is 24.5. The van der Waals surface area contributed by atoms with Gasteiger partial charge in [0.15, 0.2) is 0 Å². The van der Waals surface area contributed by atoms with E-state index in [4.69, 9.17) is 9.52 Å². The molecule has 0 spiro atoms. The fraction of sp³-hybridized carbons (Fsp3) is 0.286. The lowest BCUT2D eigenvalue weighted by Crippen LogP contribution is -2.21. The van der Waals surface area contributed by atoms with E-state index in [-0.39, 0.29) is 5.56 Å². The van der Waals surface area contributed by atoms with Crippen LogP contribution in [-0.2, 0) is 0 Å². The first-order valence-corrected chi connectivity index (χ1v) is 6.13. The molecule has 0 saturated heterocycles. The van der Waals surface area contributed by atoms with E-state index in [9.17, 15) is 9.59 Å². The molecule has 2 rings (SSSR count). The van der Waals surface area contributed by atoms with Crippen LogP contribution in [0.3, 0.4) is 0 Å². The molecule has 1 aromatic heterocycles. The van der Waals surface area contributed by atoms with E-state index in [0.29, 0.717) is 11.0 Å². The first kappa shape index (κ1) is 13.1. The zero-order chi connectivity index (χ0) is 14.0. The van der Waals surface area contributed by atoms with Crippen molar-refractivity contribution in [3.63, 3.8) is 0 Å². The van der Waals surface area contributed by atoms with Crippen LogP contribution in [0, 0.1) is 0 Å². The van der Waals surface area contributed by atoms with Crippen molar-refractivity contribution < 1.29 is 14.3 Å². The Morgan fingerprint density at radius 3 is 2.53 bits per heavy atom. The summed E-state index contributed by atoms with van der Waals surface area (Å²) in [6.07, 6.45) is 0. The molecule has 1 N–H and O–H groups in total. The van der Waals surface area contributed by atoms with Crippen molar-refractivity contribution in [1.82, 2.24) is 0 Å². The van der Waals surface area contributed by atoms with Crippen LogP contribution in [-0.4, -0.2) is 24.2 Å². The summed E-state index contributed by atoms with van der Waals surface area (Å²) >= 11 is 0. The number of fused-ring (bicyclic) bond motifs is 1. The normalized spacial score (nSPS) is 10.6. The summed E-state index contributed by atoms with van der Waals surface area (Å²) in [7, 11) is 0. The Morgan fingerprint density at radius 1 is 1.26 bits per heavy atom. The highest BCUT2D eigenvalue weighted by Gasteiger charge is 2.13. The van der Waals surface area contributed by atoms with E-state index in [2.05, 4.69) is 4.90 Å². The van der Waals surface area contributed by atoms with Crippen LogP contribution in [0.1, 0.15) is 24.2 Å². The molecule has 0 aliphatic carbocycles. The minimum Gasteiger partial charge on any atom is -0.477 e. The Kier molecular flexibility index (Phi) is 3.55. The second-order valence-electron chi connectivity index (χ2n) is 4.15. The minimum atomic E-state index is -1.27. The summed E-state index contributed by atoms with van der Waals surface area (Å²) in [6.45, 7) is 5.79. The fourth-order valence-electron chi connectivity index (χ4n) is 2.05. The topological polar surface area (TPSA) is 70.8 Å². The highest BCUT2D eigenvalue weighted by atomic mass is 16.4. The second kappa shape index (κ2) is 5.14. The van der Waals surface area contributed by atoms with Crippen molar-refractivity contribution in [3.8, 4) is 0 Å². The maximum Gasteiger partial charge on any atom is 0.351 e. The summed E-state index contributed by atoms with van der Waals surface area (Å²) < 4.78 is 5.00. The third-order valence-corrected chi connectivity index (χ3v) is 3.07. The van der Waals surface area contributed by atoms with E-state index in [1.54, 1.807) is 6.07 Å². The van der Waals surface area contributed by atoms with Gasteiger partial charge in [-0.25, -0.2) is 9.59 Å². The van der Waals surface area contributed by atoms with Gasteiger partial charge in [0.1, 0.15) is 11.1 Å². The molecule has 0 aliphatic heterocycles. The highest BCUT2D eigenvalue weighted by molar-refractivity contribution is 5.92. The molecular weight excluding hydrogens is 246 g/mol. The molecule has 1 aromatic carbocycles. The maximum atomic E-state index is 11.4. The average molecular weight is 261 g/mol. The fourth-order valence-corrected chi connectivity index (χ4v) is 2.05. The second-order valence-corrected chi connectivity index (χ2v) is 4.15. The van der Waals surface area contributed by atoms with Crippen LogP contribution in [0.5, 0.6) is 0 Å². The molecule has 0 amide bonds. The number of carboxylic acid groups (broad SMARTS) is 1. The third kappa shape index (κ3) is 2.45. The van der Waals surface area contributed by atoms with Crippen LogP contribution in [0.25, 0.3) is 11.0 Å². The van der Waals surface area contributed by atoms with E-state index < -0.39 is 11.6 Å². The van der Waals surface area contributed by atoms with Gasteiger partial charge in [0.25, 0.3) is 0 Å². The van der Waals surface area contributed by atoms with Crippen LogP contribution >= 0.6 is 0 Å². The molecule has 2 aromatic rings. The van der Waals surface area contributed by atoms with Crippen LogP contribution < -0.4 is 10.5 Å². The SMILES string of the molecule is CCN(CC)c1ccc2oc(=O)c(C(=O)O)cc2c1. The van der Waals surface area contributed by atoms with Crippen molar-refractivity contribution in [2.75, 3.05) is 18.0 Å². The van der Waals surface area contributed by atoms with Gasteiger partial charge in [-0.3, -0.25) is 0 Å². The Bertz CT molecular complexity index is 671. The first-order valence-electron chi connectivity index (χ1n) is 6.13. The molecule has 0 aliphatic rings. The lowest BCUT2D eigenvalue weighted by Gasteiger charge is -2.21. The first-order chi connectivity index (χ1) is 9.06. The molecule has 0 fully saturated rings. The van der Waals surface area contributed by atoms with E-state index in [0.717, 1.165) is 18.8 Å². The predicted molar refractivity (Wildman–Crippen MR) is 73.0 cm³/mol. The van der Waals surface area contributed by atoms with Gasteiger partial charge in [-0.05, 0) is 38.1 Å². The Labute approximate surface area is 110 Å². The molecule has 0 saturated carbocycles. The Morgan fingerprint density at radius 2 is 1.95 bits per heavy atom. The number of benzene rings is 1. The van der Waals surface area contributed by atoms with Gasteiger partial charge in [0.05, 0.1) is 0 Å². The number of aromatic carboxylic acids is 1.